The topological polar surface area (TPSA) is 55.2 Å². The number of nitrogens with zero attached hydrogens (tertiary/aromatic N) is 3. The molecule has 0 radical (unpaired) electrons. The van der Waals surface area contributed by atoms with Crippen molar-refractivity contribution in [2.24, 2.45) is 0 Å². The predicted octanol–water partition coefficient (Wildman–Crippen LogP) is 4.99. The SMILES string of the molecule is CCCN1C(=O)/C(=C/c2nc3ccccc3c(=O)n2-c2ccc(C)cc2)c2ccccc21. The summed E-state index contributed by atoms with van der Waals surface area (Å²) >= 11 is 0. The number of carbonyl (C=O) groups is 1. The van der Waals surface area contributed by atoms with E-state index >= 15 is 0 Å². The lowest BCUT2D eigenvalue weighted by Gasteiger charge is -2.15. The van der Waals surface area contributed by atoms with Gasteiger partial charge in [0, 0.05) is 12.1 Å². The second-order valence-electron chi connectivity index (χ2n) is 8.00. The highest BCUT2D eigenvalue weighted by molar-refractivity contribution is 6.35. The van der Waals surface area contributed by atoms with Crippen LogP contribution in [-0.2, 0) is 4.79 Å². The third-order valence-corrected chi connectivity index (χ3v) is 5.78. The van der Waals surface area contributed by atoms with Crippen LogP contribution in [0.1, 0.15) is 30.3 Å². The smallest absolute Gasteiger partial charge is 0.266 e. The number of fused-ring (bicyclic) bond motifs is 2. The minimum absolute atomic E-state index is 0.0640. The number of anilines is 1. The Kier molecular flexibility index (Phi) is 4.94. The predicted molar refractivity (Wildman–Crippen MR) is 129 cm³/mol. The Morgan fingerprint density at radius 2 is 1.62 bits per heavy atom. The van der Waals surface area contributed by atoms with Gasteiger partial charge in [0.05, 0.1) is 27.9 Å². The molecule has 32 heavy (non-hydrogen) atoms. The van der Waals surface area contributed by atoms with Crippen molar-refractivity contribution in [2.75, 3.05) is 11.4 Å². The second-order valence-corrected chi connectivity index (χ2v) is 8.00. The average Bonchev–Trinajstić information content (AvgIpc) is 3.07. The van der Waals surface area contributed by atoms with E-state index in [9.17, 15) is 9.59 Å². The largest absolute Gasteiger partial charge is 0.308 e. The number of aromatic nitrogens is 2. The van der Waals surface area contributed by atoms with E-state index < -0.39 is 0 Å². The third kappa shape index (κ3) is 3.23. The number of rotatable bonds is 4. The van der Waals surface area contributed by atoms with Crippen LogP contribution in [0.25, 0.3) is 28.2 Å². The van der Waals surface area contributed by atoms with Crippen LogP contribution in [0.5, 0.6) is 0 Å². The molecule has 5 heteroatoms. The Labute approximate surface area is 186 Å². The molecule has 0 unspecified atom stereocenters. The maximum absolute atomic E-state index is 13.5. The fourth-order valence-electron chi connectivity index (χ4n) is 4.21. The average molecular weight is 422 g/mol. The lowest BCUT2D eigenvalue weighted by Crippen LogP contribution is -2.27. The van der Waals surface area contributed by atoms with Crippen molar-refractivity contribution in [3.05, 3.63) is 100 Å². The van der Waals surface area contributed by atoms with Gasteiger partial charge in [0.25, 0.3) is 11.5 Å². The molecule has 1 aliphatic rings. The fourth-order valence-corrected chi connectivity index (χ4v) is 4.21. The van der Waals surface area contributed by atoms with Gasteiger partial charge in [-0.1, -0.05) is 55.0 Å². The first kappa shape index (κ1) is 19.9. The number of hydrogen-bond donors (Lipinski definition) is 0. The molecule has 1 aliphatic heterocycles. The maximum atomic E-state index is 13.5. The fraction of sp³-hybridized carbons (Fsp3) is 0.148. The summed E-state index contributed by atoms with van der Waals surface area (Å²) in [5.74, 6) is 0.375. The quantitative estimate of drug-likeness (QED) is 0.436. The van der Waals surface area contributed by atoms with Crippen molar-refractivity contribution in [1.82, 2.24) is 9.55 Å². The first-order valence-corrected chi connectivity index (χ1v) is 10.8. The van der Waals surface area contributed by atoms with Crippen LogP contribution in [0, 0.1) is 6.92 Å². The van der Waals surface area contributed by atoms with Crippen molar-refractivity contribution in [3.8, 4) is 5.69 Å². The highest BCUT2D eigenvalue weighted by Gasteiger charge is 2.31. The van der Waals surface area contributed by atoms with Gasteiger partial charge in [0.2, 0.25) is 0 Å². The zero-order chi connectivity index (χ0) is 22.2. The summed E-state index contributed by atoms with van der Waals surface area (Å²) in [5.41, 5.74) is 4.59. The van der Waals surface area contributed by atoms with Crippen LogP contribution in [0.2, 0.25) is 0 Å². The first-order chi connectivity index (χ1) is 15.6. The number of amides is 1. The van der Waals surface area contributed by atoms with Crippen molar-refractivity contribution in [3.63, 3.8) is 0 Å². The van der Waals surface area contributed by atoms with E-state index in [1.807, 2.05) is 73.7 Å². The van der Waals surface area contributed by atoms with E-state index in [4.69, 9.17) is 4.98 Å². The molecule has 158 valence electrons. The monoisotopic (exact) mass is 421 g/mol. The molecule has 3 aromatic carbocycles. The summed E-state index contributed by atoms with van der Waals surface area (Å²) in [7, 11) is 0. The lowest BCUT2D eigenvalue weighted by atomic mass is 10.1. The molecule has 0 fully saturated rings. The maximum Gasteiger partial charge on any atom is 0.266 e. The van der Waals surface area contributed by atoms with Gasteiger partial charge in [0.1, 0.15) is 5.82 Å². The van der Waals surface area contributed by atoms with Gasteiger partial charge in [-0.15, -0.1) is 0 Å². The first-order valence-electron chi connectivity index (χ1n) is 10.8. The zero-order valence-corrected chi connectivity index (χ0v) is 18.1. The van der Waals surface area contributed by atoms with Gasteiger partial charge in [-0.25, -0.2) is 4.98 Å². The summed E-state index contributed by atoms with van der Waals surface area (Å²) in [6.45, 7) is 4.70. The molecule has 1 aromatic heterocycles. The van der Waals surface area contributed by atoms with E-state index in [0.29, 0.717) is 28.8 Å². The van der Waals surface area contributed by atoms with Crippen molar-refractivity contribution in [2.45, 2.75) is 20.3 Å². The van der Waals surface area contributed by atoms with Crippen LogP contribution >= 0.6 is 0 Å². The molecule has 2 heterocycles. The van der Waals surface area contributed by atoms with Gasteiger partial charge >= 0.3 is 0 Å². The van der Waals surface area contributed by atoms with Crippen molar-refractivity contribution < 1.29 is 4.79 Å². The van der Waals surface area contributed by atoms with E-state index in [0.717, 1.165) is 28.9 Å². The molecule has 4 aromatic rings. The molecule has 0 N–H and O–H groups in total. The minimum Gasteiger partial charge on any atom is -0.308 e. The Hall–Kier alpha value is -3.99. The third-order valence-electron chi connectivity index (χ3n) is 5.78. The number of carbonyl (C=O) groups excluding carboxylic acids is 1. The van der Waals surface area contributed by atoms with Gasteiger partial charge in [0.15, 0.2) is 0 Å². The van der Waals surface area contributed by atoms with E-state index in [-0.39, 0.29) is 11.5 Å². The van der Waals surface area contributed by atoms with Gasteiger partial charge in [-0.3, -0.25) is 14.2 Å². The Morgan fingerprint density at radius 3 is 2.41 bits per heavy atom. The van der Waals surface area contributed by atoms with E-state index in [2.05, 4.69) is 6.92 Å². The summed E-state index contributed by atoms with van der Waals surface area (Å²) in [4.78, 5) is 33.4. The Bertz CT molecular complexity index is 1430. The van der Waals surface area contributed by atoms with Crippen molar-refractivity contribution in [1.29, 1.82) is 0 Å². The summed E-state index contributed by atoms with van der Waals surface area (Å²) < 4.78 is 1.59. The van der Waals surface area contributed by atoms with Crippen molar-refractivity contribution >= 4 is 34.1 Å². The highest BCUT2D eigenvalue weighted by Crippen LogP contribution is 2.37. The highest BCUT2D eigenvalue weighted by atomic mass is 16.2. The molecule has 0 bridgehead atoms. The van der Waals surface area contributed by atoms with E-state index in [1.54, 1.807) is 21.6 Å². The number of hydrogen-bond acceptors (Lipinski definition) is 3. The number of para-hydroxylation sites is 2. The molecular formula is C27H23N3O2. The van der Waals surface area contributed by atoms with Gasteiger partial charge < -0.3 is 4.90 Å². The van der Waals surface area contributed by atoms with Crippen LogP contribution in [0.3, 0.4) is 0 Å². The molecule has 0 atom stereocenters. The Balaban J connectivity index is 1.78. The second kappa shape index (κ2) is 7.93. The lowest BCUT2D eigenvalue weighted by molar-refractivity contribution is -0.113. The molecule has 1 amide bonds. The summed E-state index contributed by atoms with van der Waals surface area (Å²) in [5, 5.41) is 0.543. The van der Waals surface area contributed by atoms with Crippen LogP contribution < -0.4 is 10.5 Å². The van der Waals surface area contributed by atoms with Crippen LogP contribution in [0.4, 0.5) is 5.69 Å². The van der Waals surface area contributed by atoms with Crippen LogP contribution in [0.15, 0.2) is 77.6 Å². The number of aryl methyl sites for hydroxylation is 1. The number of benzene rings is 3. The van der Waals surface area contributed by atoms with Gasteiger partial charge in [-0.05, 0) is 49.8 Å². The Morgan fingerprint density at radius 1 is 0.906 bits per heavy atom. The summed E-state index contributed by atoms with van der Waals surface area (Å²) in [6.07, 6.45) is 2.61. The molecule has 0 saturated carbocycles. The molecule has 0 aliphatic carbocycles. The van der Waals surface area contributed by atoms with E-state index in [1.165, 1.54) is 0 Å². The zero-order valence-electron chi connectivity index (χ0n) is 18.1. The molecule has 0 spiro atoms. The normalized spacial score (nSPS) is 14.4. The molecule has 5 nitrogen and oxygen atoms in total. The molecule has 5 rings (SSSR count). The molecule has 0 saturated heterocycles. The van der Waals surface area contributed by atoms with Crippen LogP contribution in [-0.4, -0.2) is 22.0 Å². The molecular weight excluding hydrogens is 398 g/mol. The van der Waals surface area contributed by atoms with Gasteiger partial charge in [-0.2, -0.15) is 0 Å². The summed E-state index contributed by atoms with van der Waals surface area (Å²) in [6, 6.07) is 22.8. The standard InChI is InChI=1S/C27H23N3O2/c1-3-16-29-24-11-7-5-8-20(24)22(26(29)31)17-25-28-23-10-6-4-9-21(23)27(32)30(25)19-14-12-18(2)13-15-19/h4-15,17H,3,16H2,1-2H3/b22-17+. The minimum atomic E-state index is -0.157.